The van der Waals surface area contributed by atoms with Crippen molar-refractivity contribution in [1.29, 1.82) is 0 Å². The highest BCUT2D eigenvalue weighted by molar-refractivity contribution is 6.30. The Hall–Kier alpha value is -2.10. The third-order valence-electron chi connectivity index (χ3n) is 3.47. The molecule has 0 aliphatic rings. The Balaban J connectivity index is 1.73. The Morgan fingerprint density at radius 2 is 1.71 bits per heavy atom. The minimum Gasteiger partial charge on any atom is -0.388 e. The fourth-order valence-electron chi connectivity index (χ4n) is 2.27. The van der Waals surface area contributed by atoms with Crippen molar-refractivity contribution in [2.24, 2.45) is 0 Å². The molecule has 0 amide bonds. The molecule has 106 valence electrons. The molecule has 0 bridgehead atoms. The first-order valence-electron chi connectivity index (χ1n) is 6.74. The van der Waals surface area contributed by atoms with Gasteiger partial charge in [-0.05, 0) is 28.8 Å². The Labute approximate surface area is 128 Å². The maximum absolute atomic E-state index is 10.3. The fourth-order valence-corrected chi connectivity index (χ4v) is 2.39. The van der Waals surface area contributed by atoms with Crippen molar-refractivity contribution >= 4 is 11.6 Å². The van der Waals surface area contributed by atoms with Crippen molar-refractivity contribution < 1.29 is 5.11 Å². The first-order chi connectivity index (χ1) is 10.2. The van der Waals surface area contributed by atoms with Crippen LogP contribution in [0.2, 0.25) is 5.02 Å². The van der Waals surface area contributed by atoms with Crippen LogP contribution in [0.4, 0.5) is 0 Å². The standard InChI is InChI=1S/C17H15ClN2O/c18-16-7-1-12(2-8-16)9-17(21)14-5-3-13(4-6-14)15-10-19-20-11-15/h1-8,10-11,17,21H,9H2,(H,19,20). The van der Waals surface area contributed by atoms with Gasteiger partial charge >= 0.3 is 0 Å². The number of nitrogens with zero attached hydrogens (tertiary/aromatic N) is 1. The molecule has 0 spiro atoms. The van der Waals surface area contributed by atoms with Crippen LogP contribution >= 0.6 is 11.6 Å². The van der Waals surface area contributed by atoms with E-state index in [0.29, 0.717) is 11.4 Å². The van der Waals surface area contributed by atoms with Crippen LogP contribution < -0.4 is 0 Å². The minimum absolute atomic E-state index is 0.524. The number of halogens is 1. The van der Waals surface area contributed by atoms with Gasteiger partial charge in [-0.15, -0.1) is 0 Å². The van der Waals surface area contributed by atoms with Gasteiger partial charge in [-0.2, -0.15) is 5.10 Å². The number of H-pyrrole nitrogens is 1. The summed E-state index contributed by atoms with van der Waals surface area (Å²) in [6.45, 7) is 0. The maximum Gasteiger partial charge on any atom is 0.0830 e. The lowest BCUT2D eigenvalue weighted by Gasteiger charge is -2.11. The van der Waals surface area contributed by atoms with Crippen molar-refractivity contribution in [2.45, 2.75) is 12.5 Å². The number of aromatic amines is 1. The predicted molar refractivity (Wildman–Crippen MR) is 84.1 cm³/mol. The van der Waals surface area contributed by atoms with E-state index in [1.54, 1.807) is 6.20 Å². The normalized spacial score (nSPS) is 12.3. The van der Waals surface area contributed by atoms with E-state index >= 15 is 0 Å². The van der Waals surface area contributed by atoms with E-state index in [4.69, 9.17) is 11.6 Å². The molecule has 0 fully saturated rings. The van der Waals surface area contributed by atoms with Crippen LogP contribution in [-0.2, 0) is 6.42 Å². The first-order valence-corrected chi connectivity index (χ1v) is 7.12. The maximum atomic E-state index is 10.3. The molecule has 1 unspecified atom stereocenters. The van der Waals surface area contributed by atoms with Crippen molar-refractivity contribution in [1.82, 2.24) is 10.2 Å². The van der Waals surface area contributed by atoms with E-state index in [-0.39, 0.29) is 0 Å². The highest BCUT2D eigenvalue weighted by atomic mass is 35.5. The Morgan fingerprint density at radius 3 is 2.33 bits per heavy atom. The van der Waals surface area contributed by atoms with E-state index < -0.39 is 6.10 Å². The summed E-state index contributed by atoms with van der Waals surface area (Å²) in [7, 11) is 0. The molecule has 1 aromatic heterocycles. The van der Waals surface area contributed by atoms with Gasteiger partial charge in [0.15, 0.2) is 0 Å². The Bertz CT molecular complexity index is 691. The van der Waals surface area contributed by atoms with Crippen LogP contribution in [0.15, 0.2) is 60.9 Å². The predicted octanol–water partition coefficient (Wildman–Crippen LogP) is 4.01. The Morgan fingerprint density at radius 1 is 1.00 bits per heavy atom. The summed E-state index contributed by atoms with van der Waals surface area (Å²) in [6, 6.07) is 15.4. The van der Waals surface area contributed by atoms with Crippen molar-refractivity contribution in [2.75, 3.05) is 0 Å². The van der Waals surface area contributed by atoms with Crippen LogP contribution in [-0.4, -0.2) is 15.3 Å². The number of rotatable bonds is 4. The van der Waals surface area contributed by atoms with Gasteiger partial charge in [0.05, 0.1) is 12.3 Å². The van der Waals surface area contributed by atoms with Crippen LogP contribution in [0.25, 0.3) is 11.1 Å². The summed E-state index contributed by atoms with van der Waals surface area (Å²) in [6.07, 6.45) is 3.67. The minimum atomic E-state index is -0.524. The molecular formula is C17H15ClN2O. The Kier molecular flexibility index (Phi) is 4.04. The second kappa shape index (κ2) is 6.12. The van der Waals surface area contributed by atoms with E-state index in [1.165, 1.54) is 0 Å². The number of aliphatic hydroxyl groups is 1. The molecule has 0 aliphatic carbocycles. The van der Waals surface area contributed by atoms with Gasteiger partial charge in [-0.3, -0.25) is 5.10 Å². The zero-order valence-electron chi connectivity index (χ0n) is 11.3. The summed E-state index contributed by atoms with van der Waals surface area (Å²) < 4.78 is 0. The molecule has 3 nitrogen and oxygen atoms in total. The largest absolute Gasteiger partial charge is 0.388 e. The molecule has 3 aromatic rings. The molecule has 3 rings (SSSR count). The zero-order valence-corrected chi connectivity index (χ0v) is 12.1. The quantitative estimate of drug-likeness (QED) is 0.764. The fraction of sp³-hybridized carbons (Fsp3) is 0.118. The summed E-state index contributed by atoms with van der Waals surface area (Å²) in [4.78, 5) is 0. The number of benzene rings is 2. The van der Waals surface area contributed by atoms with Crippen LogP contribution in [0.5, 0.6) is 0 Å². The van der Waals surface area contributed by atoms with E-state index in [2.05, 4.69) is 10.2 Å². The summed E-state index contributed by atoms with van der Waals surface area (Å²) in [5, 5.41) is 17.7. The second-order valence-electron chi connectivity index (χ2n) is 4.96. The van der Waals surface area contributed by atoms with Crippen molar-refractivity contribution in [3.8, 4) is 11.1 Å². The first kappa shape index (κ1) is 13.9. The molecule has 4 heteroatoms. The van der Waals surface area contributed by atoms with Gasteiger partial charge in [0, 0.05) is 23.2 Å². The molecule has 0 saturated carbocycles. The molecule has 2 N–H and O–H groups in total. The summed E-state index contributed by atoms with van der Waals surface area (Å²) in [5.41, 5.74) is 4.07. The van der Waals surface area contributed by atoms with Gasteiger partial charge < -0.3 is 5.11 Å². The lowest BCUT2D eigenvalue weighted by atomic mass is 9.99. The second-order valence-corrected chi connectivity index (χ2v) is 5.39. The zero-order chi connectivity index (χ0) is 14.7. The van der Waals surface area contributed by atoms with Gasteiger partial charge in [-0.1, -0.05) is 48.0 Å². The SMILES string of the molecule is OC(Cc1ccc(Cl)cc1)c1ccc(-c2cn[nH]c2)cc1. The van der Waals surface area contributed by atoms with E-state index in [9.17, 15) is 5.11 Å². The third-order valence-corrected chi connectivity index (χ3v) is 3.72. The number of nitrogens with one attached hydrogen (secondary N) is 1. The molecule has 1 atom stereocenters. The van der Waals surface area contributed by atoms with Crippen LogP contribution in [0.3, 0.4) is 0 Å². The number of hydrogen-bond donors (Lipinski definition) is 2. The van der Waals surface area contributed by atoms with Gasteiger partial charge in [0.1, 0.15) is 0 Å². The highest BCUT2D eigenvalue weighted by Crippen LogP contribution is 2.23. The van der Waals surface area contributed by atoms with Crippen LogP contribution in [0.1, 0.15) is 17.2 Å². The molecule has 2 aromatic carbocycles. The van der Waals surface area contributed by atoms with Crippen LogP contribution in [0, 0.1) is 0 Å². The van der Waals surface area contributed by atoms with E-state index in [0.717, 1.165) is 22.3 Å². The summed E-state index contributed by atoms with van der Waals surface area (Å²) in [5.74, 6) is 0. The lowest BCUT2D eigenvalue weighted by Crippen LogP contribution is -2.01. The molecule has 0 saturated heterocycles. The topological polar surface area (TPSA) is 48.9 Å². The van der Waals surface area contributed by atoms with Crippen molar-refractivity contribution in [3.63, 3.8) is 0 Å². The monoisotopic (exact) mass is 298 g/mol. The number of hydrogen-bond acceptors (Lipinski definition) is 2. The summed E-state index contributed by atoms with van der Waals surface area (Å²) >= 11 is 5.86. The third kappa shape index (κ3) is 3.32. The molecule has 1 heterocycles. The van der Waals surface area contributed by atoms with Gasteiger partial charge in [-0.25, -0.2) is 0 Å². The average molecular weight is 299 g/mol. The average Bonchev–Trinajstić information content (AvgIpc) is 3.04. The van der Waals surface area contributed by atoms with Gasteiger partial charge in [0.25, 0.3) is 0 Å². The molecule has 21 heavy (non-hydrogen) atoms. The van der Waals surface area contributed by atoms with E-state index in [1.807, 2.05) is 54.7 Å². The number of aromatic nitrogens is 2. The highest BCUT2D eigenvalue weighted by Gasteiger charge is 2.09. The van der Waals surface area contributed by atoms with Crippen molar-refractivity contribution in [3.05, 3.63) is 77.1 Å². The number of aliphatic hydroxyl groups excluding tert-OH is 1. The molecular weight excluding hydrogens is 284 g/mol. The molecule has 0 aliphatic heterocycles. The smallest absolute Gasteiger partial charge is 0.0830 e. The lowest BCUT2D eigenvalue weighted by molar-refractivity contribution is 0.178. The van der Waals surface area contributed by atoms with Gasteiger partial charge in [0.2, 0.25) is 0 Å². The molecule has 0 radical (unpaired) electrons.